The second kappa shape index (κ2) is 13.7. The number of anilines is 6. The van der Waals surface area contributed by atoms with E-state index in [-0.39, 0.29) is 10.8 Å². The molecule has 288 valence electrons. The molecular formula is C58H46N2. The number of hydrogen-bond acceptors (Lipinski definition) is 2. The second-order valence-electron chi connectivity index (χ2n) is 17.4. The van der Waals surface area contributed by atoms with Gasteiger partial charge in [-0.3, -0.25) is 0 Å². The van der Waals surface area contributed by atoms with Gasteiger partial charge in [0.25, 0.3) is 0 Å². The summed E-state index contributed by atoms with van der Waals surface area (Å²) in [5, 5.41) is 2.45. The molecule has 0 bridgehead atoms. The maximum Gasteiger partial charge on any atom is 0.0618 e. The van der Waals surface area contributed by atoms with Gasteiger partial charge in [-0.2, -0.15) is 0 Å². The highest BCUT2D eigenvalue weighted by Gasteiger charge is 2.39. The van der Waals surface area contributed by atoms with Crippen molar-refractivity contribution in [1.82, 2.24) is 0 Å². The molecule has 0 fully saturated rings. The summed E-state index contributed by atoms with van der Waals surface area (Å²) >= 11 is 0. The topological polar surface area (TPSA) is 6.48 Å². The van der Waals surface area contributed by atoms with Crippen molar-refractivity contribution in [2.45, 2.75) is 38.5 Å². The summed E-state index contributed by atoms with van der Waals surface area (Å²) in [5.74, 6) is 0. The predicted molar refractivity (Wildman–Crippen MR) is 254 cm³/mol. The third-order valence-electron chi connectivity index (χ3n) is 13.2. The van der Waals surface area contributed by atoms with E-state index in [2.05, 4.69) is 244 Å². The summed E-state index contributed by atoms with van der Waals surface area (Å²) < 4.78 is 0. The van der Waals surface area contributed by atoms with Gasteiger partial charge in [0.15, 0.2) is 0 Å². The maximum atomic E-state index is 2.54. The molecule has 1 heterocycles. The normalized spacial score (nSPS) is 14.2. The molecule has 2 nitrogen and oxygen atoms in total. The third kappa shape index (κ3) is 5.55. The average Bonchev–Trinajstić information content (AvgIpc) is 3.52. The van der Waals surface area contributed by atoms with Crippen LogP contribution in [0.2, 0.25) is 0 Å². The predicted octanol–water partition coefficient (Wildman–Crippen LogP) is 16.1. The molecule has 60 heavy (non-hydrogen) atoms. The Balaban J connectivity index is 1.05. The van der Waals surface area contributed by atoms with E-state index in [1.54, 1.807) is 0 Å². The van der Waals surface area contributed by atoms with E-state index in [0.29, 0.717) is 0 Å². The average molecular weight is 771 g/mol. The van der Waals surface area contributed by atoms with Crippen molar-refractivity contribution in [2.24, 2.45) is 0 Å². The van der Waals surface area contributed by atoms with Gasteiger partial charge >= 0.3 is 0 Å². The van der Waals surface area contributed by atoms with Crippen LogP contribution < -0.4 is 9.80 Å². The molecule has 2 aliphatic rings. The van der Waals surface area contributed by atoms with Gasteiger partial charge in [0.2, 0.25) is 0 Å². The van der Waals surface area contributed by atoms with Crippen LogP contribution in [0, 0.1) is 0 Å². The number of hydrogen-bond donors (Lipinski definition) is 0. The lowest BCUT2D eigenvalue weighted by molar-refractivity contribution is 0.632. The zero-order valence-electron chi connectivity index (χ0n) is 34.5. The molecule has 0 saturated heterocycles. The van der Waals surface area contributed by atoms with Gasteiger partial charge in [0.05, 0.1) is 17.1 Å². The Morgan fingerprint density at radius 2 is 0.917 bits per heavy atom. The van der Waals surface area contributed by atoms with E-state index in [9.17, 15) is 0 Å². The molecule has 0 saturated carbocycles. The van der Waals surface area contributed by atoms with E-state index in [1.165, 1.54) is 83.5 Å². The van der Waals surface area contributed by atoms with Gasteiger partial charge in [-0.15, -0.1) is 0 Å². The minimum atomic E-state index is -0.204. The van der Waals surface area contributed by atoms with Crippen molar-refractivity contribution in [1.29, 1.82) is 0 Å². The van der Waals surface area contributed by atoms with Crippen molar-refractivity contribution < 1.29 is 0 Å². The third-order valence-corrected chi connectivity index (χ3v) is 13.2. The van der Waals surface area contributed by atoms with Crippen LogP contribution >= 0.6 is 0 Å². The first-order valence-electron chi connectivity index (χ1n) is 21.1. The van der Waals surface area contributed by atoms with E-state index in [0.717, 1.165) is 17.1 Å². The molecule has 9 aromatic carbocycles. The number of benzene rings is 9. The van der Waals surface area contributed by atoms with Crippen LogP contribution in [0.1, 0.15) is 49.9 Å². The van der Waals surface area contributed by atoms with Crippen LogP contribution in [0.5, 0.6) is 0 Å². The summed E-state index contributed by atoms with van der Waals surface area (Å²) in [4.78, 5) is 4.94. The molecule has 0 N–H and O–H groups in total. The minimum absolute atomic E-state index is 0.0859. The molecule has 0 radical (unpaired) electrons. The fourth-order valence-electron chi connectivity index (χ4n) is 10.1. The molecule has 0 aromatic heterocycles. The SMILES string of the molecule is CC1(C)c2ccccc2-c2ccc(N(c3ccccc3)c3ccc(-c4ccc5c(c4)N(c4c(-c6ccccc6)ccc6ccccc46)c4ccccc4C5(C)C)cc3)cc21. The van der Waals surface area contributed by atoms with Crippen LogP contribution in [-0.2, 0) is 10.8 Å². The van der Waals surface area contributed by atoms with Crippen LogP contribution in [0.3, 0.4) is 0 Å². The molecule has 1 aliphatic heterocycles. The first kappa shape index (κ1) is 36.0. The highest BCUT2D eigenvalue weighted by Crippen LogP contribution is 2.56. The molecule has 2 heteroatoms. The lowest BCUT2D eigenvalue weighted by Gasteiger charge is -2.43. The van der Waals surface area contributed by atoms with E-state index in [4.69, 9.17) is 0 Å². The van der Waals surface area contributed by atoms with Gasteiger partial charge in [-0.05, 0) is 104 Å². The molecule has 11 rings (SSSR count). The van der Waals surface area contributed by atoms with Gasteiger partial charge < -0.3 is 9.80 Å². The smallest absolute Gasteiger partial charge is 0.0618 e. The molecule has 0 atom stereocenters. The Bertz CT molecular complexity index is 3090. The zero-order chi connectivity index (χ0) is 40.6. The molecule has 0 unspecified atom stereocenters. The minimum Gasteiger partial charge on any atom is -0.310 e. The molecule has 0 amide bonds. The fourth-order valence-corrected chi connectivity index (χ4v) is 10.1. The second-order valence-corrected chi connectivity index (χ2v) is 17.4. The lowest BCUT2D eigenvalue weighted by Crippen LogP contribution is -2.31. The Kier molecular flexibility index (Phi) is 8.22. The standard InChI is InChI=1S/C58H46N2/c1-57(2)50-24-14-13-23-48(50)49-35-33-45(38-53(49)57)59(43-20-9-6-10-21-43)44-31-27-39(28-32-44)42-30-36-52-55(37-42)60(54-26-16-15-25-51(54)58(52,3)4)56-46-22-12-11-19-41(46)29-34-47(56)40-17-7-5-8-18-40/h5-38H,1-4H3. The molecular weight excluding hydrogens is 725 g/mol. The Hall–Kier alpha value is -7.16. The van der Waals surface area contributed by atoms with Crippen molar-refractivity contribution >= 4 is 44.9 Å². The van der Waals surface area contributed by atoms with Crippen LogP contribution in [-0.4, -0.2) is 0 Å². The fraction of sp³-hybridized carbons (Fsp3) is 0.103. The van der Waals surface area contributed by atoms with Gasteiger partial charge in [0.1, 0.15) is 0 Å². The summed E-state index contributed by atoms with van der Waals surface area (Å²) in [7, 11) is 0. The van der Waals surface area contributed by atoms with Crippen molar-refractivity contribution in [2.75, 3.05) is 9.80 Å². The Morgan fingerprint density at radius 1 is 0.350 bits per heavy atom. The monoisotopic (exact) mass is 770 g/mol. The maximum absolute atomic E-state index is 2.54. The molecule has 9 aromatic rings. The van der Waals surface area contributed by atoms with E-state index in [1.807, 2.05) is 0 Å². The molecule has 1 aliphatic carbocycles. The number of nitrogens with zero attached hydrogens (tertiary/aromatic N) is 2. The van der Waals surface area contributed by atoms with E-state index >= 15 is 0 Å². The van der Waals surface area contributed by atoms with Crippen molar-refractivity contribution in [3.63, 3.8) is 0 Å². The highest BCUT2D eigenvalue weighted by atomic mass is 15.2. The summed E-state index contributed by atoms with van der Waals surface area (Å²) in [5.41, 5.74) is 19.6. The lowest BCUT2D eigenvalue weighted by atomic mass is 9.73. The Labute approximate surface area is 353 Å². The van der Waals surface area contributed by atoms with Crippen LogP contribution in [0.15, 0.2) is 206 Å². The van der Waals surface area contributed by atoms with Crippen LogP contribution in [0.25, 0.3) is 44.2 Å². The molecule has 0 spiro atoms. The number of rotatable bonds is 6. The quantitative estimate of drug-likeness (QED) is 0.166. The van der Waals surface area contributed by atoms with E-state index < -0.39 is 0 Å². The van der Waals surface area contributed by atoms with Crippen LogP contribution in [0.4, 0.5) is 34.1 Å². The summed E-state index contributed by atoms with van der Waals surface area (Å²) in [6, 6.07) is 76.1. The van der Waals surface area contributed by atoms with Gasteiger partial charge in [-0.25, -0.2) is 0 Å². The highest BCUT2D eigenvalue weighted by molar-refractivity contribution is 6.07. The number of fused-ring (bicyclic) bond motifs is 6. The largest absolute Gasteiger partial charge is 0.310 e. The first-order valence-corrected chi connectivity index (χ1v) is 21.1. The number of para-hydroxylation sites is 2. The first-order chi connectivity index (χ1) is 29.3. The van der Waals surface area contributed by atoms with Crippen molar-refractivity contribution in [3.05, 3.63) is 229 Å². The van der Waals surface area contributed by atoms with Gasteiger partial charge in [-0.1, -0.05) is 185 Å². The van der Waals surface area contributed by atoms with Crippen molar-refractivity contribution in [3.8, 4) is 33.4 Å². The summed E-state index contributed by atoms with van der Waals surface area (Å²) in [6.45, 7) is 9.44. The van der Waals surface area contributed by atoms with Gasteiger partial charge in [0, 0.05) is 38.8 Å². The summed E-state index contributed by atoms with van der Waals surface area (Å²) in [6.07, 6.45) is 0. The zero-order valence-corrected chi connectivity index (χ0v) is 34.5. The Morgan fingerprint density at radius 3 is 1.72 bits per heavy atom.